The number of nitrogens with one attached hydrogen (secondary N) is 1. The van der Waals surface area contributed by atoms with Crippen molar-refractivity contribution in [1.29, 1.82) is 0 Å². The van der Waals surface area contributed by atoms with Gasteiger partial charge in [0.15, 0.2) is 0 Å². The van der Waals surface area contributed by atoms with Crippen molar-refractivity contribution < 1.29 is 14.6 Å². The van der Waals surface area contributed by atoms with Crippen LogP contribution in [0.4, 0.5) is 0 Å². The number of hydrogen-bond donors (Lipinski definition) is 2. The number of carbonyl (C=O) groups excluding carboxylic acids is 1. The number of para-hydroxylation sites is 1. The summed E-state index contributed by atoms with van der Waals surface area (Å²) in [5.41, 5.74) is 0. The van der Waals surface area contributed by atoms with Gasteiger partial charge in [0.1, 0.15) is 18.5 Å². The molecule has 9 heteroatoms. The first kappa shape index (κ1) is 23.3. The monoisotopic (exact) mass is 423 g/mol. The van der Waals surface area contributed by atoms with E-state index in [-0.39, 0.29) is 43.4 Å². The van der Waals surface area contributed by atoms with Crippen molar-refractivity contribution in [1.82, 2.24) is 15.1 Å². The molecule has 2 aliphatic rings. The van der Waals surface area contributed by atoms with Gasteiger partial charge in [-0.2, -0.15) is 0 Å². The summed E-state index contributed by atoms with van der Waals surface area (Å²) in [6.45, 7) is 3.92. The zero-order valence-corrected chi connectivity index (χ0v) is 17.0. The van der Waals surface area contributed by atoms with Crippen LogP contribution in [0.25, 0.3) is 0 Å². The molecule has 2 atom stereocenters. The lowest BCUT2D eigenvalue weighted by Gasteiger charge is -2.36. The molecule has 3 rings (SSSR count). The molecule has 0 aromatic heterocycles. The van der Waals surface area contributed by atoms with E-state index >= 15 is 0 Å². The standard InChI is InChI=1S/C17H25N3O3S.2ClH/c21-14(11-23-15-4-2-1-3-5-15)10-19-6-8-20(9-7-19)17(22)16-12-24-13-18-16;;/h1-5,14,16,18,21H,6-13H2;2*1H. The van der Waals surface area contributed by atoms with E-state index in [2.05, 4.69) is 10.2 Å². The molecule has 148 valence electrons. The highest BCUT2D eigenvalue weighted by atomic mass is 35.5. The lowest BCUT2D eigenvalue weighted by Crippen LogP contribution is -2.54. The van der Waals surface area contributed by atoms with E-state index in [0.29, 0.717) is 6.54 Å². The van der Waals surface area contributed by atoms with Crippen LogP contribution in [0.15, 0.2) is 30.3 Å². The van der Waals surface area contributed by atoms with Gasteiger partial charge >= 0.3 is 0 Å². The van der Waals surface area contributed by atoms with Crippen molar-refractivity contribution in [3.63, 3.8) is 0 Å². The predicted molar refractivity (Wildman–Crippen MR) is 110 cm³/mol. The third-order valence-corrected chi connectivity index (χ3v) is 5.29. The molecule has 1 aromatic carbocycles. The molecule has 2 N–H and O–H groups in total. The zero-order valence-electron chi connectivity index (χ0n) is 14.6. The summed E-state index contributed by atoms with van der Waals surface area (Å²) in [7, 11) is 0. The first-order valence-corrected chi connectivity index (χ1v) is 9.56. The summed E-state index contributed by atoms with van der Waals surface area (Å²) >= 11 is 1.77. The van der Waals surface area contributed by atoms with E-state index < -0.39 is 6.10 Å². The Balaban J connectivity index is 0.00000169. The van der Waals surface area contributed by atoms with Crippen LogP contribution in [0.2, 0.25) is 0 Å². The topological polar surface area (TPSA) is 65.0 Å². The maximum absolute atomic E-state index is 12.4. The second-order valence-corrected chi connectivity index (χ2v) is 7.21. The first-order chi connectivity index (χ1) is 11.7. The number of amides is 1. The van der Waals surface area contributed by atoms with Gasteiger partial charge in [-0.05, 0) is 12.1 Å². The quantitative estimate of drug-likeness (QED) is 0.713. The summed E-state index contributed by atoms with van der Waals surface area (Å²) < 4.78 is 5.58. The molecule has 2 saturated heterocycles. The lowest BCUT2D eigenvalue weighted by atomic mass is 10.2. The molecule has 2 heterocycles. The Morgan fingerprint density at radius 1 is 1.23 bits per heavy atom. The Hall–Kier alpha value is -0.700. The molecule has 0 spiro atoms. The van der Waals surface area contributed by atoms with Crippen molar-refractivity contribution in [2.45, 2.75) is 12.1 Å². The minimum atomic E-state index is -0.527. The van der Waals surface area contributed by atoms with Crippen molar-refractivity contribution >= 4 is 42.5 Å². The maximum atomic E-state index is 12.4. The Morgan fingerprint density at radius 2 is 1.92 bits per heavy atom. The minimum absolute atomic E-state index is 0. The summed E-state index contributed by atoms with van der Waals surface area (Å²) in [6.07, 6.45) is -0.527. The van der Waals surface area contributed by atoms with E-state index in [4.69, 9.17) is 4.74 Å². The number of hydrogen-bond acceptors (Lipinski definition) is 6. The van der Waals surface area contributed by atoms with Gasteiger partial charge in [0.25, 0.3) is 0 Å². The Kier molecular flexibility index (Phi) is 10.7. The van der Waals surface area contributed by atoms with E-state index in [1.807, 2.05) is 35.2 Å². The lowest BCUT2D eigenvalue weighted by molar-refractivity contribution is -0.134. The average molecular weight is 424 g/mol. The molecule has 0 aliphatic carbocycles. The van der Waals surface area contributed by atoms with Crippen LogP contribution in [-0.4, -0.2) is 83.9 Å². The number of thioether (sulfide) groups is 1. The third-order valence-electron chi connectivity index (χ3n) is 4.35. The molecule has 6 nitrogen and oxygen atoms in total. The maximum Gasteiger partial charge on any atom is 0.240 e. The van der Waals surface area contributed by atoms with Gasteiger partial charge in [-0.3, -0.25) is 15.0 Å². The van der Waals surface area contributed by atoms with E-state index in [1.54, 1.807) is 11.8 Å². The summed E-state index contributed by atoms with van der Waals surface area (Å²) in [5.74, 6) is 2.72. The normalized spacial score (nSPS) is 21.4. The highest BCUT2D eigenvalue weighted by Gasteiger charge is 2.29. The van der Waals surface area contributed by atoms with Gasteiger partial charge in [0, 0.05) is 44.4 Å². The molecular formula is C17H27Cl2N3O3S. The number of aliphatic hydroxyl groups is 1. The fourth-order valence-electron chi connectivity index (χ4n) is 2.98. The minimum Gasteiger partial charge on any atom is -0.491 e. The van der Waals surface area contributed by atoms with Crippen molar-refractivity contribution in [2.75, 3.05) is 51.0 Å². The third kappa shape index (κ3) is 6.79. The van der Waals surface area contributed by atoms with Gasteiger partial charge < -0.3 is 14.7 Å². The summed E-state index contributed by atoms with van der Waals surface area (Å²) in [4.78, 5) is 16.5. The Morgan fingerprint density at radius 3 is 2.54 bits per heavy atom. The highest BCUT2D eigenvalue weighted by Crippen LogP contribution is 2.14. The molecule has 2 fully saturated rings. The molecule has 0 saturated carbocycles. The number of ether oxygens (including phenoxy) is 1. The number of aliphatic hydroxyl groups excluding tert-OH is 1. The fourth-order valence-corrected chi connectivity index (χ4v) is 3.92. The van der Waals surface area contributed by atoms with Crippen LogP contribution in [0.3, 0.4) is 0 Å². The van der Waals surface area contributed by atoms with Crippen LogP contribution in [0.1, 0.15) is 0 Å². The Bertz CT molecular complexity index is 527. The van der Waals surface area contributed by atoms with Crippen LogP contribution in [0, 0.1) is 0 Å². The average Bonchev–Trinajstić information content (AvgIpc) is 3.16. The van der Waals surface area contributed by atoms with Crippen LogP contribution in [-0.2, 0) is 4.79 Å². The van der Waals surface area contributed by atoms with Gasteiger partial charge in [-0.25, -0.2) is 0 Å². The van der Waals surface area contributed by atoms with Crippen LogP contribution in [0.5, 0.6) is 5.75 Å². The fraction of sp³-hybridized carbons (Fsp3) is 0.588. The van der Waals surface area contributed by atoms with Gasteiger partial charge in [0.2, 0.25) is 5.91 Å². The molecule has 2 unspecified atom stereocenters. The number of β-amino-alcohol motifs (C(OH)–C–C–N with tert-alkyl or cyclic N) is 1. The number of carbonyl (C=O) groups is 1. The van der Waals surface area contributed by atoms with Gasteiger partial charge in [0.05, 0.1) is 6.04 Å². The molecule has 1 aromatic rings. The van der Waals surface area contributed by atoms with Crippen LogP contribution >= 0.6 is 36.6 Å². The smallest absolute Gasteiger partial charge is 0.240 e. The molecular weight excluding hydrogens is 397 g/mol. The van der Waals surface area contributed by atoms with E-state index in [9.17, 15) is 9.90 Å². The Labute approximate surface area is 171 Å². The SMILES string of the molecule is Cl.Cl.O=C(C1CSCN1)N1CCN(CC(O)COc2ccccc2)CC1. The molecule has 2 aliphatic heterocycles. The second kappa shape index (κ2) is 11.9. The second-order valence-electron chi connectivity index (χ2n) is 6.18. The number of rotatable bonds is 6. The first-order valence-electron chi connectivity index (χ1n) is 8.40. The highest BCUT2D eigenvalue weighted by molar-refractivity contribution is 7.99. The molecule has 26 heavy (non-hydrogen) atoms. The van der Waals surface area contributed by atoms with Crippen molar-refractivity contribution in [3.8, 4) is 5.75 Å². The van der Waals surface area contributed by atoms with Crippen LogP contribution < -0.4 is 10.1 Å². The van der Waals surface area contributed by atoms with Gasteiger partial charge in [-0.15, -0.1) is 36.6 Å². The van der Waals surface area contributed by atoms with E-state index in [0.717, 1.165) is 43.6 Å². The molecule has 1 amide bonds. The molecule has 0 bridgehead atoms. The van der Waals surface area contributed by atoms with E-state index in [1.165, 1.54) is 0 Å². The number of benzene rings is 1. The number of nitrogens with zero attached hydrogens (tertiary/aromatic N) is 2. The number of piperazine rings is 1. The predicted octanol–water partition coefficient (Wildman–Crippen LogP) is 1.08. The summed E-state index contributed by atoms with van der Waals surface area (Å²) in [5, 5.41) is 13.4. The van der Waals surface area contributed by atoms with Crippen molar-refractivity contribution in [2.24, 2.45) is 0 Å². The number of halogens is 2. The summed E-state index contributed by atoms with van der Waals surface area (Å²) in [6, 6.07) is 9.50. The van der Waals surface area contributed by atoms with Crippen molar-refractivity contribution in [3.05, 3.63) is 30.3 Å². The van der Waals surface area contributed by atoms with Gasteiger partial charge in [-0.1, -0.05) is 18.2 Å². The largest absolute Gasteiger partial charge is 0.491 e. The molecule has 0 radical (unpaired) electrons. The zero-order chi connectivity index (χ0) is 16.8.